The SMILES string of the molecule is CCN1CCN(C(=O)c2ccc(NC(=O)N3CCC(C(=N)/C(C=N)=C/N)=C3NN(C)CCOC)cc2)CC1. The van der Waals surface area contributed by atoms with Gasteiger partial charge in [0, 0.05) is 88.2 Å². The molecule has 0 bridgehead atoms. The van der Waals surface area contributed by atoms with E-state index in [0.29, 0.717) is 61.9 Å². The van der Waals surface area contributed by atoms with Gasteiger partial charge in [-0.05, 0) is 37.2 Å². The molecule has 12 nitrogen and oxygen atoms in total. The topological polar surface area (TPSA) is 154 Å². The Hall–Kier alpha value is -3.74. The van der Waals surface area contributed by atoms with Gasteiger partial charge in [0.1, 0.15) is 5.82 Å². The normalized spacial score (nSPS) is 16.7. The van der Waals surface area contributed by atoms with E-state index in [1.54, 1.807) is 36.4 Å². The third-order valence-electron chi connectivity index (χ3n) is 6.73. The van der Waals surface area contributed by atoms with Gasteiger partial charge in [-0.25, -0.2) is 9.80 Å². The van der Waals surface area contributed by atoms with Crippen molar-refractivity contribution in [2.75, 3.05) is 71.9 Å². The average molecular weight is 526 g/mol. The largest absolute Gasteiger partial charge is 0.404 e. The van der Waals surface area contributed by atoms with E-state index >= 15 is 0 Å². The Morgan fingerprint density at radius 2 is 1.84 bits per heavy atom. The van der Waals surface area contributed by atoms with Crippen molar-refractivity contribution in [2.24, 2.45) is 5.73 Å². The lowest BCUT2D eigenvalue weighted by molar-refractivity contribution is 0.0643. The molecule has 0 aliphatic carbocycles. The van der Waals surface area contributed by atoms with Crippen LogP contribution in [0.25, 0.3) is 0 Å². The summed E-state index contributed by atoms with van der Waals surface area (Å²) in [5, 5.41) is 20.8. The fraction of sp³-hybridized carbons (Fsp3) is 0.462. The Morgan fingerprint density at radius 3 is 2.42 bits per heavy atom. The lowest BCUT2D eigenvalue weighted by Crippen LogP contribution is -2.48. The molecule has 0 radical (unpaired) electrons. The van der Waals surface area contributed by atoms with Gasteiger partial charge in [-0.3, -0.25) is 15.1 Å². The van der Waals surface area contributed by atoms with Gasteiger partial charge in [-0.15, -0.1) is 0 Å². The van der Waals surface area contributed by atoms with E-state index < -0.39 is 0 Å². The zero-order valence-electron chi connectivity index (χ0n) is 22.4. The number of allylic oxidation sites excluding steroid dienone is 1. The number of rotatable bonds is 11. The van der Waals surface area contributed by atoms with E-state index in [2.05, 4.69) is 22.6 Å². The summed E-state index contributed by atoms with van der Waals surface area (Å²) < 4.78 is 5.14. The predicted molar refractivity (Wildman–Crippen MR) is 148 cm³/mol. The number of nitrogens with zero attached hydrogens (tertiary/aromatic N) is 4. The molecule has 1 fully saturated rings. The number of hydrazine groups is 1. The molecule has 6 N–H and O–H groups in total. The first kappa shape index (κ1) is 28.8. The molecule has 3 rings (SSSR count). The lowest BCUT2D eigenvalue weighted by atomic mass is 10.0. The van der Waals surface area contributed by atoms with Crippen molar-refractivity contribution in [3.05, 3.63) is 53.0 Å². The number of likely N-dealkylation sites (N-methyl/N-ethyl adjacent to an activating group) is 2. The second kappa shape index (κ2) is 13.7. The van der Waals surface area contributed by atoms with E-state index in [9.17, 15) is 9.59 Å². The fourth-order valence-electron chi connectivity index (χ4n) is 4.37. The fourth-order valence-corrected chi connectivity index (χ4v) is 4.37. The van der Waals surface area contributed by atoms with E-state index in [-0.39, 0.29) is 23.2 Å². The summed E-state index contributed by atoms with van der Waals surface area (Å²) in [6, 6.07) is 6.52. The maximum atomic E-state index is 13.3. The number of hydrogen-bond acceptors (Lipinski definition) is 9. The van der Waals surface area contributed by atoms with Crippen LogP contribution < -0.4 is 16.5 Å². The molecule has 2 aliphatic rings. The van der Waals surface area contributed by atoms with Gasteiger partial charge in [0.05, 0.1) is 12.3 Å². The van der Waals surface area contributed by atoms with Crippen LogP contribution in [0.1, 0.15) is 23.7 Å². The molecular formula is C26H39N9O3. The molecule has 3 amide bonds. The average Bonchev–Trinajstić information content (AvgIpc) is 3.36. The number of carbonyl (C=O) groups excluding carboxylic acids is 2. The molecule has 2 aliphatic heterocycles. The summed E-state index contributed by atoms with van der Waals surface area (Å²) in [6.45, 7) is 7.63. The number of ether oxygens (including phenoxy) is 1. The highest BCUT2D eigenvalue weighted by Crippen LogP contribution is 2.25. The molecule has 1 aromatic carbocycles. The van der Waals surface area contributed by atoms with Crippen molar-refractivity contribution in [2.45, 2.75) is 13.3 Å². The molecule has 0 spiro atoms. The monoisotopic (exact) mass is 525 g/mol. The first-order valence-corrected chi connectivity index (χ1v) is 12.7. The summed E-state index contributed by atoms with van der Waals surface area (Å²) in [7, 11) is 3.42. The number of nitrogens with two attached hydrogens (primary N) is 1. The number of benzene rings is 1. The van der Waals surface area contributed by atoms with Crippen LogP contribution >= 0.6 is 0 Å². The molecule has 0 aromatic heterocycles. The van der Waals surface area contributed by atoms with E-state index in [0.717, 1.165) is 25.8 Å². The molecular weight excluding hydrogens is 486 g/mol. The Morgan fingerprint density at radius 1 is 1.16 bits per heavy atom. The molecule has 1 saturated heterocycles. The third-order valence-corrected chi connectivity index (χ3v) is 6.73. The molecule has 0 unspecified atom stereocenters. The van der Waals surface area contributed by atoms with Gasteiger partial charge in [-0.2, -0.15) is 0 Å². The van der Waals surface area contributed by atoms with E-state index in [4.69, 9.17) is 21.3 Å². The van der Waals surface area contributed by atoms with Crippen LogP contribution in [0.2, 0.25) is 0 Å². The van der Waals surface area contributed by atoms with Gasteiger partial charge in [0.2, 0.25) is 0 Å². The van der Waals surface area contributed by atoms with Crippen molar-refractivity contribution < 1.29 is 14.3 Å². The Kier molecular flexibility index (Phi) is 10.4. The lowest BCUT2D eigenvalue weighted by Gasteiger charge is -2.34. The first-order chi connectivity index (χ1) is 18.3. The quantitative estimate of drug-likeness (QED) is 0.217. The standard InChI is InChI=1S/C26H39N9O3/c1-4-33-11-13-34(14-12-33)25(36)19-5-7-21(8-6-19)30-26(37)35-10-9-22(23(29)20(17-27)18-28)24(35)31-32(2)15-16-38-3/h5-8,17-18,27,29,31H,4,9-16,28H2,1-3H3,(H,30,37)/b20-18+,27-17?,29-23?. The van der Waals surface area contributed by atoms with Gasteiger partial charge in [-0.1, -0.05) is 6.92 Å². The minimum atomic E-state index is -0.377. The smallest absolute Gasteiger partial charge is 0.327 e. The molecule has 206 valence electrons. The number of urea groups is 1. The van der Waals surface area contributed by atoms with Crippen molar-refractivity contribution in [1.29, 1.82) is 10.8 Å². The van der Waals surface area contributed by atoms with Crippen LogP contribution in [-0.4, -0.2) is 110 Å². The zero-order valence-corrected chi connectivity index (χ0v) is 22.4. The number of anilines is 1. The van der Waals surface area contributed by atoms with Gasteiger partial charge in [0.15, 0.2) is 0 Å². The summed E-state index contributed by atoms with van der Waals surface area (Å²) in [5.74, 6) is 0.440. The maximum Gasteiger partial charge on any atom is 0.327 e. The zero-order chi connectivity index (χ0) is 27.7. The second-order valence-electron chi connectivity index (χ2n) is 9.13. The van der Waals surface area contributed by atoms with Crippen molar-refractivity contribution in [3.8, 4) is 0 Å². The molecule has 0 saturated carbocycles. The second-order valence-corrected chi connectivity index (χ2v) is 9.13. The molecule has 2 heterocycles. The van der Waals surface area contributed by atoms with Crippen LogP contribution in [-0.2, 0) is 4.74 Å². The number of nitrogens with one attached hydrogen (secondary N) is 4. The Bertz CT molecular complexity index is 1080. The minimum Gasteiger partial charge on any atom is -0.404 e. The molecule has 38 heavy (non-hydrogen) atoms. The van der Waals surface area contributed by atoms with Gasteiger partial charge >= 0.3 is 6.03 Å². The van der Waals surface area contributed by atoms with Gasteiger partial charge < -0.3 is 36.4 Å². The van der Waals surface area contributed by atoms with Gasteiger partial charge in [0.25, 0.3) is 5.91 Å². The summed E-state index contributed by atoms with van der Waals surface area (Å²) >= 11 is 0. The third kappa shape index (κ3) is 6.97. The van der Waals surface area contributed by atoms with E-state index in [1.807, 2.05) is 11.9 Å². The Balaban J connectivity index is 1.72. The number of piperazine rings is 1. The van der Waals surface area contributed by atoms with E-state index in [1.165, 1.54) is 11.1 Å². The van der Waals surface area contributed by atoms with Crippen LogP contribution in [0.5, 0.6) is 0 Å². The highest BCUT2D eigenvalue weighted by Gasteiger charge is 2.31. The highest BCUT2D eigenvalue weighted by molar-refractivity contribution is 6.22. The molecule has 12 heteroatoms. The minimum absolute atomic E-state index is 0.00944. The number of carbonyl (C=O) groups is 2. The Labute approximate surface area is 224 Å². The van der Waals surface area contributed by atoms with Crippen LogP contribution in [0.3, 0.4) is 0 Å². The van der Waals surface area contributed by atoms with Crippen LogP contribution in [0.15, 0.2) is 47.4 Å². The molecule has 1 aromatic rings. The summed E-state index contributed by atoms with van der Waals surface area (Å²) in [6.07, 6.45) is 2.66. The summed E-state index contributed by atoms with van der Waals surface area (Å²) in [5.41, 5.74) is 10.9. The van der Waals surface area contributed by atoms with Crippen LogP contribution in [0.4, 0.5) is 10.5 Å². The molecule has 0 atom stereocenters. The predicted octanol–water partition coefficient (Wildman–Crippen LogP) is 1.51. The highest BCUT2D eigenvalue weighted by atomic mass is 16.5. The first-order valence-electron chi connectivity index (χ1n) is 12.7. The van der Waals surface area contributed by atoms with Crippen molar-refractivity contribution in [3.63, 3.8) is 0 Å². The van der Waals surface area contributed by atoms with Crippen molar-refractivity contribution in [1.82, 2.24) is 25.1 Å². The number of hydrogen-bond donors (Lipinski definition) is 5. The summed E-state index contributed by atoms with van der Waals surface area (Å²) in [4.78, 5) is 31.9. The number of amides is 3. The van der Waals surface area contributed by atoms with Crippen LogP contribution in [0, 0.1) is 10.8 Å². The maximum absolute atomic E-state index is 13.3. The van der Waals surface area contributed by atoms with Crippen molar-refractivity contribution >= 4 is 29.6 Å². The number of methoxy groups -OCH3 is 1.